The molecule has 5 nitrogen and oxygen atoms in total. The summed E-state index contributed by atoms with van der Waals surface area (Å²) >= 11 is 1.84. The molecule has 8 aromatic carbocycles. The normalized spacial score (nSPS) is 11.9. The van der Waals surface area contributed by atoms with Gasteiger partial charge >= 0.3 is 0 Å². The largest absolute Gasteiger partial charge is 0.278 e. The van der Waals surface area contributed by atoms with Crippen molar-refractivity contribution in [1.82, 2.24) is 24.1 Å². The highest BCUT2D eigenvalue weighted by Gasteiger charge is 2.21. The van der Waals surface area contributed by atoms with Gasteiger partial charge in [0, 0.05) is 47.3 Å². The molecule has 12 aromatic rings. The summed E-state index contributed by atoms with van der Waals surface area (Å²) in [5, 5.41) is 7.14. The van der Waals surface area contributed by atoms with Gasteiger partial charge < -0.3 is 0 Å². The van der Waals surface area contributed by atoms with E-state index in [-0.39, 0.29) is 0 Å². The van der Waals surface area contributed by atoms with Crippen molar-refractivity contribution in [3.05, 3.63) is 188 Å². The average Bonchev–Trinajstić information content (AvgIpc) is 3.94. The van der Waals surface area contributed by atoms with Gasteiger partial charge in [0.15, 0.2) is 5.82 Å². The zero-order valence-corrected chi connectivity index (χ0v) is 31.4. The van der Waals surface area contributed by atoms with Crippen molar-refractivity contribution >= 4 is 75.1 Å². The maximum atomic E-state index is 5.40. The summed E-state index contributed by atoms with van der Waals surface area (Å²) < 4.78 is 6.96. The number of hydrogen-bond acceptors (Lipinski definition) is 4. The van der Waals surface area contributed by atoms with Gasteiger partial charge in [0.25, 0.3) is 0 Å². The Labute approximate surface area is 331 Å². The molecule has 0 fully saturated rings. The maximum absolute atomic E-state index is 5.40. The fourth-order valence-corrected chi connectivity index (χ4v) is 9.79. The predicted molar refractivity (Wildman–Crippen MR) is 238 cm³/mol. The van der Waals surface area contributed by atoms with Gasteiger partial charge in [0.1, 0.15) is 0 Å². The van der Waals surface area contributed by atoms with Gasteiger partial charge in [-0.25, -0.2) is 0 Å². The third kappa shape index (κ3) is 4.98. The zero-order chi connectivity index (χ0) is 37.5. The topological polar surface area (TPSA) is 48.5 Å². The first-order valence-electron chi connectivity index (χ1n) is 19.1. The lowest BCUT2D eigenvalue weighted by atomic mass is 9.98. The molecule has 0 saturated heterocycles. The molecule has 0 aliphatic rings. The van der Waals surface area contributed by atoms with Crippen LogP contribution in [0.3, 0.4) is 0 Å². The number of fused-ring (bicyclic) bond motifs is 9. The van der Waals surface area contributed by atoms with Crippen LogP contribution in [0.5, 0.6) is 0 Å². The van der Waals surface area contributed by atoms with Gasteiger partial charge in [-0.3, -0.25) is 9.13 Å². The van der Waals surface area contributed by atoms with Crippen molar-refractivity contribution in [1.29, 1.82) is 0 Å². The molecule has 4 heterocycles. The quantitative estimate of drug-likeness (QED) is 0.176. The third-order valence-corrected chi connectivity index (χ3v) is 12.3. The van der Waals surface area contributed by atoms with Crippen LogP contribution in [-0.2, 0) is 0 Å². The molecule has 4 aromatic heterocycles. The lowest BCUT2D eigenvalue weighted by Crippen LogP contribution is -2.10. The molecule has 0 radical (unpaired) electrons. The lowest BCUT2D eigenvalue weighted by Gasteiger charge is -2.13. The summed E-state index contributed by atoms with van der Waals surface area (Å²) in [5.74, 6) is 1.73. The summed E-state index contributed by atoms with van der Waals surface area (Å²) in [6, 6.07) is 66.7. The Bertz CT molecular complexity index is 3490. The molecule has 0 N–H and O–H groups in total. The summed E-state index contributed by atoms with van der Waals surface area (Å²) in [6.45, 7) is 0. The first-order valence-corrected chi connectivity index (χ1v) is 19.9. The van der Waals surface area contributed by atoms with E-state index in [0.717, 1.165) is 65.9 Å². The van der Waals surface area contributed by atoms with Crippen molar-refractivity contribution in [2.45, 2.75) is 0 Å². The molecular weight excluding hydrogens is 715 g/mol. The van der Waals surface area contributed by atoms with E-state index in [4.69, 9.17) is 15.0 Å². The second kappa shape index (κ2) is 12.6. The highest BCUT2D eigenvalue weighted by Crippen LogP contribution is 2.41. The van der Waals surface area contributed by atoms with E-state index >= 15 is 0 Å². The Hall–Kier alpha value is -7.41. The maximum Gasteiger partial charge on any atom is 0.240 e. The second-order valence-electron chi connectivity index (χ2n) is 14.4. The van der Waals surface area contributed by atoms with Crippen LogP contribution >= 0.6 is 11.3 Å². The van der Waals surface area contributed by atoms with Gasteiger partial charge in [-0.1, -0.05) is 146 Å². The minimum absolute atomic E-state index is 0.560. The number of thiophene rings is 1. The van der Waals surface area contributed by atoms with Gasteiger partial charge in [0.2, 0.25) is 11.9 Å². The minimum atomic E-state index is 0.560. The Morgan fingerprint density at radius 3 is 1.56 bits per heavy atom. The first-order chi connectivity index (χ1) is 28.3. The van der Waals surface area contributed by atoms with Crippen LogP contribution in [0.2, 0.25) is 0 Å². The number of para-hydroxylation sites is 3. The number of benzene rings is 8. The summed E-state index contributed by atoms with van der Waals surface area (Å²) in [7, 11) is 0. The van der Waals surface area contributed by atoms with Gasteiger partial charge in [-0.05, 0) is 64.7 Å². The summed E-state index contributed by atoms with van der Waals surface area (Å²) in [6.07, 6.45) is 0. The van der Waals surface area contributed by atoms with E-state index in [2.05, 4.69) is 197 Å². The molecule has 0 unspecified atom stereocenters. The Balaban J connectivity index is 1.15. The lowest BCUT2D eigenvalue weighted by molar-refractivity contribution is 0.893. The number of rotatable bonds is 5. The molecule has 0 saturated carbocycles. The fourth-order valence-electron chi connectivity index (χ4n) is 8.66. The predicted octanol–water partition coefficient (Wildman–Crippen LogP) is 13.4. The summed E-state index contributed by atoms with van der Waals surface area (Å²) in [4.78, 5) is 16.1. The van der Waals surface area contributed by atoms with Crippen molar-refractivity contribution in [2.24, 2.45) is 0 Å². The highest BCUT2D eigenvalue weighted by molar-refractivity contribution is 7.25. The van der Waals surface area contributed by atoms with E-state index in [0.29, 0.717) is 17.7 Å². The van der Waals surface area contributed by atoms with Crippen LogP contribution in [0.1, 0.15) is 0 Å². The van der Waals surface area contributed by atoms with Gasteiger partial charge in [-0.2, -0.15) is 15.0 Å². The smallest absolute Gasteiger partial charge is 0.240 e. The number of hydrogen-bond donors (Lipinski definition) is 0. The zero-order valence-electron chi connectivity index (χ0n) is 30.5. The molecule has 6 heteroatoms. The van der Waals surface area contributed by atoms with Crippen LogP contribution in [0.25, 0.3) is 109 Å². The number of aromatic nitrogens is 5. The first kappa shape index (κ1) is 31.9. The molecule has 0 aliphatic carbocycles. The van der Waals surface area contributed by atoms with Gasteiger partial charge in [-0.15, -0.1) is 11.3 Å². The minimum Gasteiger partial charge on any atom is -0.278 e. The number of nitrogens with zero attached hydrogens (tertiary/aromatic N) is 5. The average molecular weight is 746 g/mol. The van der Waals surface area contributed by atoms with E-state index in [1.54, 1.807) is 0 Å². The molecule has 0 amide bonds. The van der Waals surface area contributed by atoms with Crippen molar-refractivity contribution in [3.63, 3.8) is 0 Å². The molecule has 0 atom stereocenters. The Kier molecular flexibility index (Phi) is 7.03. The third-order valence-electron chi connectivity index (χ3n) is 11.2. The van der Waals surface area contributed by atoms with E-state index in [1.807, 2.05) is 11.3 Å². The standard InChI is InChI=1S/C51H31N5S/c1-2-14-32(15-3-1)33-28-29-40-39-20-6-10-25-44(39)56(45(40)31-33)51-53-49(52-50(54-51)55-42-23-8-4-18-37(42)38-19-5-9-24-43(38)55)35-17-12-16-34(30-35)36-22-13-27-47-48(36)41-21-7-11-26-46(41)57-47/h1-31H. The molecule has 0 spiro atoms. The molecule has 0 aliphatic heterocycles. The van der Waals surface area contributed by atoms with Crippen molar-refractivity contribution < 1.29 is 0 Å². The Morgan fingerprint density at radius 1 is 0.333 bits per heavy atom. The molecule has 57 heavy (non-hydrogen) atoms. The van der Waals surface area contributed by atoms with E-state index < -0.39 is 0 Å². The second-order valence-corrected chi connectivity index (χ2v) is 15.5. The molecule has 12 rings (SSSR count). The van der Waals surface area contributed by atoms with Crippen molar-refractivity contribution in [3.8, 4) is 45.5 Å². The Morgan fingerprint density at radius 2 is 0.860 bits per heavy atom. The van der Waals surface area contributed by atoms with Crippen molar-refractivity contribution in [2.75, 3.05) is 0 Å². The molecular formula is C51H31N5S. The fraction of sp³-hybridized carbons (Fsp3) is 0. The molecule has 266 valence electrons. The molecule has 0 bridgehead atoms. The SMILES string of the molecule is c1ccc(-c2ccc3c4ccccc4n(-c4nc(-c5cccc(-c6cccc7sc8ccccc8c67)c5)nc(-n5c6ccccc6c6ccccc65)n4)c3c2)cc1. The van der Waals surface area contributed by atoms with E-state index in [1.165, 1.54) is 25.7 Å². The van der Waals surface area contributed by atoms with Crippen LogP contribution in [-0.4, -0.2) is 24.1 Å². The van der Waals surface area contributed by atoms with Crippen LogP contribution < -0.4 is 0 Å². The van der Waals surface area contributed by atoms with Gasteiger partial charge in [0.05, 0.1) is 22.1 Å². The van der Waals surface area contributed by atoms with E-state index in [9.17, 15) is 0 Å². The van der Waals surface area contributed by atoms with Crippen LogP contribution in [0.4, 0.5) is 0 Å². The van der Waals surface area contributed by atoms with Crippen LogP contribution in [0, 0.1) is 0 Å². The summed E-state index contributed by atoms with van der Waals surface area (Å²) in [5.41, 5.74) is 9.67. The highest BCUT2D eigenvalue weighted by atomic mass is 32.1. The monoisotopic (exact) mass is 745 g/mol. The van der Waals surface area contributed by atoms with Crippen LogP contribution in [0.15, 0.2) is 188 Å².